The van der Waals surface area contributed by atoms with E-state index >= 15 is 0 Å². The molecular weight excluding hydrogens is 315 g/mol. The van der Waals surface area contributed by atoms with Gasteiger partial charge in [-0.3, -0.25) is 10.1 Å². The van der Waals surface area contributed by atoms with Crippen molar-refractivity contribution >= 4 is 28.9 Å². The normalized spacial score (nSPS) is 10.4. The van der Waals surface area contributed by atoms with Crippen LogP contribution in [0.15, 0.2) is 36.4 Å². The van der Waals surface area contributed by atoms with E-state index in [0.29, 0.717) is 21.4 Å². The van der Waals surface area contributed by atoms with Crippen molar-refractivity contribution in [1.29, 1.82) is 0 Å². The summed E-state index contributed by atoms with van der Waals surface area (Å²) >= 11 is 11.6. The molecule has 21 heavy (non-hydrogen) atoms. The second kappa shape index (κ2) is 6.76. The van der Waals surface area contributed by atoms with Crippen LogP contribution in [0.1, 0.15) is 11.1 Å². The fourth-order valence-corrected chi connectivity index (χ4v) is 2.19. The second-order valence-corrected chi connectivity index (χ2v) is 5.15. The lowest BCUT2D eigenvalue weighted by atomic mass is 10.2. The number of nitrogens with zero attached hydrogens (tertiary/aromatic N) is 1. The zero-order valence-corrected chi connectivity index (χ0v) is 12.4. The molecule has 0 saturated carbocycles. The highest BCUT2D eigenvalue weighted by Crippen LogP contribution is 2.27. The molecule has 0 radical (unpaired) electrons. The molecule has 0 aliphatic heterocycles. The molecule has 7 heteroatoms. The molecule has 5 nitrogen and oxygen atoms in total. The highest BCUT2D eigenvalue weighted by molar-refractivity contribution is 6.31. The lowest BCUT2D eigenvalue weighted by molar-refractivity contribution is -0.385. The number of nitrogens with two attached hydrogens (primary N) is 1. The highest BCUT2D eigenvalue weighted by Gasteiger charge is 2.15. The molecule has 0 aliphatic carbocycles. The Labute approximate surface area is 131 Å². The van der Waals surface area contributed by atoms with E-state index in [-0.39, 0.29) is 18.8 Å². The van der Waals surface area contributed by atoms with Gasteiger partial charge >= 0.3 is 0 Å². The first kappa shape index (κ1) is 15.6. The van der Waals surface area contributed by atoms with Crippen LogP contribution in [0.2, 0.25) is 10.0 Å². The van der Waals surface area contributed by atoms with Crippen LogP contribution >= 0.6 is 23.2 Å². The topological polar surface area (TPSA) is 78.4 Å². The summed E-state index contributed by atoms with van der Waals surface area (Å²) in [7, 11) is 0. The molecule has 0 saturated heterocycles. The van der Waals surface area contributed by atoms with Crippen molar-refractivity contribution in [3.63, 3.8) is 0 Å². The largest absolute Gasteiger partial charge is 0.488 e. The van der Waals surface area contributed by atoms with E-state index in [9.17, 15) is 10.1 Å². The van der Waals surface area contributed by atoms with Gasteiger partial charge in [0, 0.05) is 28.2 Å². The lowest BCUT2D eigenvalue weighted by Gasteiger charge is -2.11. The summed E-state index contributed by atoms with van der Waals surface area (Å²) in [5, 5.41) is 11.9. The SMILES string of the molecule is NCc1cc(Cl)ccc1OCc1ccc(Cl)cc1[N+](=O)[O-]. The summed E-state index contributed by atoms with van der Waals surface area (Å²) in [5.41, 5.74) is 6.71. The highest BCUT2D eigenvalue weighted by atomic mass is 35.5. The summed E-state index contributed by atoms with van der Waals surface area (Å²) < 4.78 is 5.61. The van der Waals surface area contributed by atoms with Crippen LogP contribution in [0.4, 0.5) is 5.69 Å². The van der Waals surface area contributed by atoms with Crippen LogP contribution in [-0.4, -0.2) is 4.92 Å². The molecule has 110 valence electrons. The molecule has 0 heterocycles. The lowest BCUT2D eigenvalue weighted by Crippen LogP contribution is -2.04. The standard InChI is InChI=1S/C14H12Cl2N2O3/c15-11-3-4-14(10(5-11)7-17)21-8-9-1-2-12(16)6-13(9)18(19)20/h1-6H,7-8,17H2. The van der Waals surface area contributed by atoms with Crippen LogP contribution in [0.5, 0.6) is 5.75 Å². The first-order valence-corrected chi connectivity index (χ1v) is 6.81. The van der Waals surface area contributed by atoms with Gasteiger partial charge in [-0.2, -0.15) is 0 Å². The Morgan fingerprint density at radius 1 is 1.10 bits per heavy atom. The van der Waals surface area contributed by atoms with E-state index in [4.69, 9.17) is 33.7 Å². The van der Waals surface area contributed by atoms with Crippen molar-refractivity contribution < 1.29 is 9.66 Å². The Morgan fingerprint density at radius 2 is 1.76 bits per heavy atom. The first-order chi connectivity index (χ1) is 10.0. The van der Waals surface area contributed by atoms with Crippen molar-refractivity contribution in [3.05, 3.63) is 67.7 Å². The van der Waals surface area contributed by atoms with Gasteiger partial charge in [-0.15, -0.1) is 0 Å². The van der Waals surface area contributed by atoms with Gasteiger partial charge in [0.15, 0.2) is 0 Å². The van der Waals surface area contributed by atoms with Crippen LogP contribution in [0.3, 0.4) is 0 Å². The predicted octanol–water partition coefficient (Wildman–Crippen LogP) is 3.94. The maximum atomic E-state index is 11.0. The number of hydrogen-bond acceptors (Lipinski definition) is 4. The fraction of sp³-hybridized carbons (Fsp3) is 0.143. The van der Waals surface area contributed by atoms with Gasteiger partial charge in [0.25, 0.3) is 5.69 Å². The van der Waals surface area contributed by atoms with Crippen LogP contribution < -0.4 is 10.5 Å². The molecule has 0 atom stereocenters. The summed E-state index contributed by atoms with van der Waals surface area (Å²) in [6.07, 6.45) is 0. The van der Waals surface area contributed by atoms with Crippen LogP contribution in [0, 0.1) is 10.1 Å². The van der Waals surface area contributed by atoms with Crippen molar-refractivity contribution in [1.82, 2.24) is 0 Å². The Bertz CT molecular complexity index is 677. The van der Waals surface area contributed by atoms with Crippen molar-refractivity contribution in [2.24, 2.45) is 5.73 Å². The van der Waals surface area contributed by atoms with Crippen molar-refractivity contribution in [2.75, 3.05) is 0 Å². The number of benzene rings is 2. The Hall–Kier alpha value is -1.82. The number of halogens is 2. The van der Waals surface area contributed by atoms with E-state index in [0.717, 1.165) is 5.56 Å². The number of hydrogen-bond donors (Lipinski definition) is 1. The molecule has 2 aromatic rings. The van der Waals surface area contributed by atoms with E-state index in [2.05, 4.69) is 0 Å². The monoisotopic (exact) mass is 326 g/mol. The summed E-state index contributed by atoms with van der Waals surface area (Å²) in [6, 6.07) is 9.51. The third-order valence-corrected chi connectivity index (χ3v) is 3.34. The van der Waals surface area contributed by atoms with E-state index in [1.54, 1.807) is 30.3 Å². The fourth-order valence-electron chi connectivity index (χ4n) is 1.83. The molecule has 0 amide bonds. The van der Waals surface area contributed by atoms with Gasteiger partial charge in [-0.25, -0.2) is 0 Å². The molecule has 0 fully saturated rings. The zero-order valence-electron chi connectivity index (χ0n) is 10.9. The molecular formula is C14H12Cl2N2O3. The number of nitro groups is 1. The van der Waals surface area contributed by atoms with Gasteiger partial charge in [-0.05, 0) is 30.3 Å². The minimum Gasteiger partial charge on any atom is -0.488 e. The average molecular weight is 327 g/mol. The third kappa shape index (κ3) is 3.85. The quantitative estimate of drug-likeness (QED) is 0.666. The van der Waals surface area contributed by atoms with Crippen LogP contribution in [0.25, 0.3) is 0 Å². The Balaban J connectivity index is 2.22. The van der Waals surface area contributed by atoms with E-state index in [1.807, 2.05) is 0 Å². The van der Waals surface area contributed by atoms with Gasteiger partial charge < -0.3 is 10.5 Å². The van der Waals surface area contributed by atoms with Crippen molar-refractivity contribution in [2.45, 2.75) is 13.2 Å². The average Bonchev–Trinajstić information content (AvgIpc) is 2.46. The Kier molecular flexibility index (Phi) is 5.01. The van der Waals surface area contributed by atoms with Crippen LogP contribution in [-0.2, 0) is 13.2 Å². The first-order valence-electron chi connectivity index (χ1n) is 6.05. The number of nitro benzene ring substituents is 1. The summed E-state index contributed by atoms with van der Waals surface area (Å²) in [4.78, 5) is 10.5. The Morgan fingerprint density at radius 3 is 2.43 bits per heavy atom. The number of ether oxygens (including phenoxy) is 1. The molecule has 0 aliphatic rings. The molecule has 2 rings (SSSR count). The molecule has 0 unspecified atom stereocenters. The molecule has 2 aromatic carbocycles. The van der Waals surface area contributed by atoms with Gasteiger partial charge in [0.05, 0.1) is 10.5 Å². The zero-order chi connectivity index (χ0) is 15.4. The predicted molar refractivity (Wildman–Crippen MR) is 81.8 cm³/mol. The second-order valence-electron chi connectivity index (χ2n) is 4.27. The van der Waals surface area contributed by atoms with Gasteiger partial charge in [0.2, 0.25) is 0 Å². The van der Waals surface area contributed by atoms with E-state index < -0.39 is 4.92 Å². The maximum absolute atomic E-state index is 11.0. The van der Waals surface area contributed by atoms with E-state index in [1.165, 1.54) is 6.07 Å². The van der Waals surface area contributed by atoms with Gasteiger partial charge in [-0.1, -0.05) is 23.2 Å². The minimum atomic E-state index is -0.490. The molecule has 0 spiro atoms. The molecule has 2 N–H and O–H groups in total. The maximum Gasteiger partial charge on any atom is 0.277 e. The third-order valence-electron chi connectivity index (χ3n) is 2.87. The molecule has 0 bridgehead atoms. The summed E-state index contributed by atoms with van der Waals surface area (Å²) in [6.45, 7) is 0.306. The van der Waals surface area contributed by atoms with Gasteiger partial charge in [0.1, 0.15) is 12.4 Å². The smallest absolute Gasteiger partial charge is 0.277 e. The van der Waals surface area contributed by atoms with Crippen molar-refractivity contribution in [3.8, 4) is 5.75 Å². The minimum absolute atomic E-state index is 0.0438. The molecule has 0 aromatic heterocycles. The summed E-state index contributed by atoms with van der Waals surface area (Å²) in [5.74, 6) is 0.547. The number of rotatable bonds is 5.